The van der Waals surface area contributed by atoms with Gasteiger partial charge in [-0.2, -0.15) is 5.26 Å². The molecule has 0 saturated heterocycles. The van der Waals surface area contributed by atoms with E-state index in [1.807, 2.05) is 30.3 Å². The van der Waals surface area contributed by atoms with Gasteiger partial charge in [0.15, 0.2) is 0 Å². The largest absolute Gasteiger partial charge is 0.399 e. The molecule has 0 fully saturated rings. The van der Waals surface area contributed by atoms with E-state index in [1.165, 1.54) is 5.56 Å². The van der Waals surface area contributed by atoms with Gasteiger partial charge in [-0.3, -0.25) is 4.90 Å². The van der Waals surface area contributed by atoms with E-state index >= 15 is 0 Å². The Balaban J connectivity index is 2.11. The Morgan fingerprint density at radius 3 is 2.85 bits per heavy atom. The van der Waals surface area contributed by atoms with E-state index in [2.05, 4.69) is 36.0 Å². The van der Waals surface area contributed by atoms with Gasteiger partial charge in [0, 0.05) is 24.5 Å². The van der Waals surface area contributed by atoms with Crippen LogP contribution in [0.5, 0.6) is 0 Å². The number of aromatic nitrogens is 1. The highest BCUT2D eigenvalue weighted by molar-refractivity contribution is 5.41. The maximum atomic E-state index is 8.87. The van der Waals surface area contributed by atoms with Crippen molar-refractivity contribution in [3.63, 3.8) is 0 Å². The monoisotopic (exact) mass is 266 g/mol. The number of hydrogen-bond acceptors (Lipinski definition) is 4. The predicted molar refractivity (Wildman–Crippen MR) is 79.7 cm³/mol. The zero-order chi connectivity index (χ0) is 14.5. The standard InChI is InChI=1S/C16H18N4/c1-12(14-4-3-5-15(18)9-14)20(2)11-13-6-7-19-16(8-13)10-17/h3-9,12H,11,18H2,1-2H3. The van der Waals surface area contributed by atoms with Gasteiger partial charge >= 0.3 is 0 Å². The molecule has 0 aliphatic heterocycles. The molecule has 1 aromatic heterocycles. The molecule has 20 heavy (non-hydrogen) atoms. The van der Waals surface area contributed by atoms with Crippen LogP contribution < -0.4 is 5.73 Å². The summed E-state index contributed by atoms with van der Waals surface area (Å²) in [5.74, 6) is 0. The fourth-order valence-corrected chi connectivity index (χ4v) is 2.13. The fraction of sp³-hybridized carbons (Fsp3) is 0.250. The van der Waals surface area contributed by atoms with Crippen LogP contribution in [0, 0.1) is 11.3 Å². The Morgan fingerprint density at radius 1 is 1.35 bits per heavy atom. The molecule has 102 valence electrons. The van der Waals surface area contributed by atoms with Crippen LogP contribution >= 0.6 is 0 Å². The van der Waals surface area contributed by atoms with Gasteiger partial charge in [0.2, 0.25) is 0 Å². The Labute approximate surface area is 119 Å². The number of nitriles is 1. The minimum atomic E-state index is 0.247. The van der Waals surface area contributed by atoms with E-state index < -0.39 is 0 Å². The number of rotatable bonds is 4. The predicted octanol–water partition coefficient (Wildman–Crippen LogP) is 2.73. The molecule has 0 saturated carbocycles. The third kappa shape index (κ3) is 3.34. The van der Waals surface area contributed by atoms with E-state index in [1.54, 1.807) is 6.20 Å². The van der Waals surface area contributed by atoms with Crippen LogP contribution in [0.4, 0.5) is 5.69 Å². The molecule has 1 aromatic carbocycles. The first-order valence-corrected chi connectivity index (χ1v) is 6.51. The van der Waals surface area contributed by atoms with Crippen LogP contribution in [-0.2, 0) is 6.54 Å². The lowest BCUT2D eigenvalue weighted by Crippen LogP contribution is -2.22. The maximum Gasteiger partial charge on any atom is 0.140 e. The lowest BCUT2D eigenvalue weighted by molar-refractivity contribution is 0.253. The van der Waals surface area contributed by atoms with E-state index in [0.717, 1.165) is 17.8 Å². The summed E-state index contributed by atoms with van der Waals surface area (Å²) in [4.78, 5) is 6.20. The van der Waals surface area contributed by atoms with E-state index in [0.29, 0.717) is 5.69 Å². The molecule has 4 nitrogen and oxygen atoms in total. The smallest absolute Gasteiger partial charge is 0.140 e. The topological polar surface area (TPSA) is 65.9 Å². The number of nitrogen functional groups attached to an aromatic ring is 1. The summed E-state index contributed by atoms with van der Waals surface area (Å²) in [6.45, 7) is 2.90. The quantitative estimate of drug-likeness (QED) is 0.864. The summed E-state index contributed by atoms with van der Waals surface area (Å²) in [6.07, 6.45) is 1.67. The van der Waals surface area contributed by atoms with E-state index in [9.17, 15) is 0 Å². The molecule has 2 aromatic rings. The molecule has 0 radical (unpaired) electrons. The van der Waals surface area contributed by atoms with Gasteiger partial charge in [-0.1, -0.05) is 12.1 Å². The van der Waals surface area contributed by atoms with Gasteiger partial charge in [-0.25, -0.2) is 4.98 Å². The normalized spacial score (nSPS) is 12.1. The second-order valence-electron chi connectivity index (χ2n) is 4.92. The van der Waals surface area contributed by atoms with Crippen LogP contribution in [0.3, 0.4) is 0 Å². The zero-order valence-electron chi connectivity index (χ0n) is 11.7. The number of nitrogens with two attached hydrogens (primary N) is 1. The first-order chi connectivity index (χ1) is 9.60. The highest BCUT2D eigenvalue weighted by Gasteiger charge is 2.12. The SMILES string of the molecule is CC(c1cccc(N)c1)N(C)Cc1ccnc(C#N)c1. The average molecular weight is 266 g/mol. The third-order valence-corrected chi connectivity index (χ3v) is 3.43. The molecule has 4 heteroatoms. The molecule has 1 heterocycles. The van der Waals surface area contributed by atoms with Gasteiger partial charge in [0.1, 0.15) is 11.8 Å². The number of nitrogens with zero attached hydrogens (tertiary/aromatic N) is 3. The zero-order valence-corrected chi connectivity index (χ0v) is 11.7. The highest BCUT2D eigenvalue weighted by Crippen LogP contribution is 2.22. The van der Waals surface area contributed by atoms with Crippen LogP contribution in [0.15, 0.2) is 42.6 Å². The van der Waals surface area contributed by atoms with Crippen molar-refractivity contribution in [3.05, 3.63) is 59.4 Å². The summed E-state index contributed by atoms with van der Waals surface area (Å²) < 4.78 is 0. The Bertz CT molecular complexity index is 630. The minimum Gasteiger partial charge on any atom is -0.399 e. The molecular formula is C16H18N4. The van der Waals surface area contributed by atoms with E-state index in [4.69, 9.17) is 11.0 Å². The summed E-state index contributed by atoms with van der Waals surface area (Å²) in [7, 11) is 2.06. The van der Waals surface area contributed by atoms with Crippen molar-refractivity contribution in [1.29, 1.82) is 5.26 Å². The highest BCUT2D eigenvalue weighted by atomic mass is 15.1. The lowest BCUT2D eigenvalue weighted by Gasteiger charge is -2.25. The summed E-state index contributed by atoms with van der Waals surface area (Å²) in [6, 6.07) is 14.0. The molecule has 1 unspecified atom stereocenters. The van der Waals surface area contributed by atoms with Crippen molar-refractivity contribution < 1.29 is 0 Å². The molecule has 0 bridgehead atoms. The first kappa shape index (κ1) is 14.0. The molecular weight excluding hydrogens is 248 g/mol. The van der Waals surface area contributed by atoms with Crippen LogP contribution in [-0.4, -0.2) is 16.9 Å². The molecule has 2 rings (SSSR count). The van der Waals surface area contributed by atoms with Crippen LogP contribution in [0.2, 0.25) is 0 Å². The van der Waals surface area contributed by atoms with Crippen molar-refractivity contribution in [2.24, 2.45) is 0 Å². The fourth-order valence-electron chi connectivity index (χ4n) is 2.13. The van der Waals surface area contributed by atoms with Gasteiger partial charge in [-0.05, 0) is 49.4 Å². The van der Waals surface area contributed by atoms with Gasteiger partial charge in [0.25, 0.3) is 0 Å². The number of hydrogen-bond donors (Lipinski definition) is 1. The Kier molecular flexibility index (Phi) is 4.34. The maximum absolute atomic E-state index is 8.87. The minimum absolute atomic E-state index is 0.247. The lowest BCUT2D eigenvalue weighted by atomic mass is 10.1. The molecule has 0 spiro atoms. The molecule has 0 aliphatic rings. The molecule has 0 aliphatic carbocycles. The van der Waals surface area contributed by atoms with Crippen molar-refractivity contribution in [2.75, 3.05) is 12.8 Å². The van der Waals surface area contributed by atoms with Crippen molar-refractivity contribution in [3.8, 4) is 6.07 Å². The molecule has 2 N–H and O–H groups in total. The first-order valence-electron chi connectivity index (χ1n) is 6.51. The average Bonchev–Trinajstić information content (AvgIpc) is 2.46. The van der Waals surface area contributed by atoms with E-state index in [-0.39, 0.29) is 6.04 Å². The van der Waals surface area contributed by atoms with Gasteiger partial charge in [-0.15, -0.1) is 0 Å². The van der Waals surface area contributed by atoms with Gasteiger partial charge < -0.3 is 5.73 Å². The Morgan fingerprint density at radius 2 is 2.15 bits per heavy atom. The number of benzene rings is 1. The van der Waals surface area contributed by atoms with Crippen molar-refractivity contribution in [2.45, 2.75) is 19.5 Å². The third-order valence-electron chi connectivity index (χ3n) is 3.43. The second-order valence-corrected chi connectivity index (χ2v) is 4.92. The second kappa shape index (κ2) is 6.18. The molecule has 1 atom stereocenters. The number of anilines is 1. The Hall–Kier alpha value is -2.38. The van der Waals surface area contributed by atoms with Crippen LogP contribution in [0.25, 0.3) is 0 Å². The van der Waals surface area contributed by atoms with Gasteiger partial charge in [0.05, 0.1) is 0 Å². The van der Waals surface area contributed by atoms with Crippen molar-refractivity contribution >= 4 is 5.69 Å². The summed E-state index contributed by atoms with van der Waals surface area (Å²) in [5.41, 5.74) is 9.31. The summed E-state index contributed by atoms with van der Waals surface area (Å²) in [5, 5.41) is 8.87. The summed E-state index contributed by atoms with van der Waals surface area (Å²) >= 11 is 0. The number of pyridine rings is 1. The van der Waals surface area contributed by atoms with Crippen molar-refractivity contribution in [1.82, 2.24) is 9.88 Å². The molecule has 0 amide bonds. The van der Waals surface area contributed by atoms with Crippen LogP contribution in [0.1, 0.15) is 29.8 Å².